The summed E-state index contributed by atoms with van der Waals surface area (Å²) >= 11 is 7.19. The first kappa shape index (κ1) is 23.7. The van der Waals surface area contributed by atoms with Gasteiger partial charge in [-0.25, -0.2) is 23.1 Å². The molecule has 2 aromatic heterocycles. The largest absolute Gasteiger partial charge is 0.339 e. The molecule has 3 heterocycles. The molecule has 1 amide bonds. The smallest absolute Gasteiger partial charge is 0.243 e. The van der Waals surface area contributed by atoms with E-state index >= 15 is 0 Å². The minimum Gasteiger partial charge on any atom is -0.339 e. The summed E-state index contributed by atoms with van der Waals surface area (Å²) in [6, 6.07) is 15.8. The summed E-state index contributed by atoms with van der Waals surface area (Å²) in [5.74, 6) is 0.118. The number of nitrogens with zero attached hydrogens (tertiary/aromatic N) is 6. The number of fused-ring (bicyclic) bond motifs is 1. The number of para-hydroxylation sites is 1. The third kappa shape index (κ3) is 4.90. The second kappa shape index (κ2) is 9.94. The van der Waals surface area contributed by atoms with Crippen LogP contribution in [0.5, 0.6) is 0 Å². The number of halogens is 1. The van der Waals surface area contributed by atoms with Gasteiger partial charge in [0.25, 0.3) is 0 Å². The van der Waals surface area contributed by atoms with Gasteiger partial charge in [0, 0.05) is 31.2 Å². The summed E-state index contributed by atoms with van der Waals surface area (Å²) in [6.07, 6.45) is 3.17. The highest BCUT2D eigenvalue weighted by Crippen LogP contribution is 2.26. The maximum absolute atomic E-state index is 12.9. The van der Waals surface area contributed by atoms with Crippen LogP contribution >= 0.6 is 23.4 Å². The maximum atomic E-state index is 12.9. The van der Waals surface area contributed by atoms with Crippen LogP contribution in [0.1, 0.15) is 0 Å². The minimum atomic E-state index is -3.62. The summed E-state index contributed by atoms with van der Waals surface area (Å²) in [7, 11) is -3.62. The number of sulfonamides is 1. The highest BCUT2D eigenvalue weighted by Gasteiger charge is 2.30. The van der Waals surface area contributed by atoms with Gasteiger partial charge in [0.2, 0.25) is 15.9 Å². The summed E-state index contributed by atoms with van der Waals surface area (Å²) < 4.78 is 28.9. The molecule has 0 aliphatic carbocycles. The number of hydrogen-bond donors (Lipinski definition) is 0. The second-order valence-electron chi connectivity index (χ2n) is 7.84. The molecule has 12 heteroatoms. The van der Waals surface area contributed by atoms with E-state index in [1.165, 1.54) is 34.5 Å². The topological polar surface area (TPSA) is 101 Å². The van der Waals surface area contributed by atoms with Crippen LogP contribution < -0.4 is 0 Å². The van der Waals surface area contributed by atoms with Crippen molar-refractivity contribution in [1.29, 1.82) is 0 Å². The number of aromatic nitrogens is 4. The molecule has 35 heavy (non-hydrogen) atoms. The minimum absolute atomic E-state index is 0.0687. The molecule has 0 atom stereocenters. The Morgan fingerprint density at radius 2 is 1.69 bits per heavy atom. The molecule has 2 aromatic carbocycles. The van der Waals surface area contributed by atoms with Gasteiger partial charge in [-0.2, -0.15) is 9.40 Å². The SMILES string of the molecule is O=C(CSc1ncnc2c1cnn2-c1ccccc1)N1CCN(S(=O)(=O)c2ccc(Cl)cc2)CC1. The van der Waals surface area contributed by atoms with Gasteiger partial charge in [-0.15, -0.1) is 0 Å². The number of hydrogen-bond acceptors (Lipinski definition) is 7. The Morgan fingerprint density at radius 3 is 2.40 bits per heavy atom. The highest BCUT2D eigenvalue weighted by molar-refractivity contribution is 8.00. The number of carbonyl (C=O) groups excluding carboxylic acids is 1. The first-order valence-corrected chi connectivity index (χ1v) is 13.6. The first-order chi connectivity index (χ1) is 16.9. The van der Waals surface area contributed by atoms with E-state index in [1.807, 2.05) is 30.3 Å². The Morgan fingerprint density at radius 1 is 0.971 bits per heavy atom. The van der Waals surface area contributed by atoms with Crippen molar-refractivity contribution in [3.63, 3.8) is 0 Å². The van der Waals surface area contributed by atoms with Crippen molar-refractivity contribution in [2.75, 3.05) is 31.9 Å². The van der Waals surface area contributed by atoms with E-state index in [2.05, 4.69) is 15.1 Å². The number of thioether (sulfide) groups is 1. The van der Waals surface area contributed by atoms with Crippen LogP contribution in [-0.4, -0.2) is 75.2 Å². The molecule has 0 spiro atoms. The van der Waals surface area contributed by atoms with Gasteiger partial charge in [-0.3, -0.25) is 4.79 Å². The molecule has 1 saturated heterocycles. The fourth-order valence-electron chi connectivity index (χ4n) is 3.85. The third-order valence-corrected chi connectivity index (χ3v) is 8.86. The molecule has 5 rings (SSSR count). The molecule has 0 bridgehead atoms. The summed E-state index contributed by atoms with van der Waals surface area (Å²) in [5, 5.41) is 6.36. The first-order valence-electron chi connectivity index (χ1n) is 10.8. The lowest BCUT2D eigenvalue weighted by atomic mass is 10.3. The Hall–Kier alpha value is -2.99. The Balaban J connectivity index is 1.22. The molecule has 0 saturated carbocycles. The van der Waals surface area contributed by atoms with Crippen molar-refractivity contribution in [3.8, 4) is 5.69 Å². The van der Waals surface area contributed by atoms with Crippen molar-refractivity contribution in [2.45, 2.75) is 9.92 Å². The zero-order chi connectivity index (χ0) is 24.4. The van der Waals surface area contributed by atoms with Gasteiger partial charge in [-0.05, 0) is 36.4 Å². The Bertz CT molecular complexity index is 1450. The lowest BCUT2D eigenvalue weighted by Crippen LogP contribution is -2.50. The predicted octanol–water partition coefficient (Wildman–Crippen LogP) is 3.09. The molecule has 0 N–H and O–H groups in total. The van der Waals surface area contributed by atoms with Gasteiger partial charge in [-0.1, -0.05) is 41.6 Å². The monoisotopic (exact) mass is 528 g/mol. The van der Waals surface area contributed by atoms with Crippen molar-refractivity contribution < 1.29 is 13.2 Å². The zero-order valence-electron chi connectivity index (χ0n) is 18.5. The molecule has 180 valence electrons. The highest BCUT2D eigenvalue weighted by atomic mass is 35.5. The number of piperazine rings is 1. The standard InChI is InChI=1S/C23H21ClN6O3S2/c24-17-6-8-19(9-7-17)35(32,33)29-12-10-28(11-13-29)21(31)15-34-23-20-14-27-30(22(20)25-16-26-23)18-4-2-1-3-5-18/h1-9,14,16H,10-13,15H2. The normalized spacial score (nSPS) is 14.9. The van der Waals surface area contributed by atoms with Crippen LogP contribution in [0, 0.1) is 0 Å². The van der Waals surface area contributed by atoms with E-state index in [-0.39, 0.29) is 29.6 Å². The van der Waals surface area contributed by atoms with Crippen LogP contribution in [0.25, 0.3) is 16.7 Å². The van der Waals surface area contributed by atoms with Gasteiger partial charge >= 0.3 is 0 Å². The van der Waals surface area contributed by atoms with E-state index < -0.39 is 10.0 Å². The molecule has 0 unspecified atom stereocenters. The molecular weight excluding hydrogens is 508 g/mol. The van der Waals surface area contributed by atoms with Crippen molar-refractivity contribution >= 4 is 50.3 Å². The van der Waals surface area contributed by atoms with E-state index in [9.17, 15) is 13.2 Å². The van der Waals surface area contributed by atoms with Crippen molar-refractivity contribution in [2.24, 2.45) is 0 Å². The molecule has 9 nitrogen and oxygen atoms in total. The lowest BCUT2D eigenvalue weighted by molar-refractivity contribution is -0.129. The predicted molar refractivity (Wildman–Crippen MR) is 134 cm³/mol. The molecule has 4 aromatic rings. The van der Waals surface area contributed by atoms with Gasteiger partial charge in [0.15, 0.2) is 5.65 Å². The van der Waals surface area contributed by atoms with Gasteiger partial charge in [0.05, 0.1) is 27.9 Å². The molecule has 1 fully saturated rings. The Kier molecular flexibility index (Phi) is 6.74. The van der Waals surface area contributed by atoms with E-state index in [1.54, 1.807) is 27.9 Å². The fourth-order valence-corrected chi connectivity index (χ4v) is 6.26. The van der Waals surface area contributed by atoms with E-state index in [0.29, 0.717) is 28.8 Å². The Labute approximate surface area is 211 Å². The average molecular weight is 529 g/mol. The number of rotatable bonds is 6. The molecule has 0 radical (unpaired) electrons. The zero-order valence-corrected chi connectivity index (χ0v) is 20.9. The molecular formula is C23H21ClN6O3S2. The second-order valence-corrected chi connectivity index (χ2v) is 11.2. The van der Waals surface area contributed by atoms with Crippen LogP contribution in [0.4, 0.5) is 0 Å². The lowest BCUT2D eigenvalue weighted by Gasteiger charge is -2.34. The number of carbonyl (C=O) groups is 1. The maximum Gasteiger partial charge on any atom is 0.243 e. The quantitative estimate of drug-likeness (QED) is 0.280. The summed E-state index contributed by atoms with van der Waals surface area (Å²) in [6.45, 7) is 1.14. The van der Waals surface area contributed by atoms with Gasteiger partial charge < -0.3 is 4.90 Å². The van der Waals surface area contributed by atoms with Crippen LogP contribution in [0.15, 0.2) is 77.0 Å². The van der Waals surface area contributed by atoms with Crippen LogP contribution in [0.3, 0.4) is 0 Å². The van der Waals surface area contributed by atoms with Crippen LogP contribution in [-0.2, 0) is 14.8 Å². The fraction of sp³-hybridized carbons (Fsp3) is 0.217. The molecule has 1 aliphatic rings. The van der Waals surface area contributed by atoms with E-state index in [4.69, 9.17) is 11.6 Å². The number of benzene rings is 2. The summed E-state index contributed by atoms with van der Waals surface area (Å²) in [5.41, 5.74) is 1.56. The molecule has 1 aliphatic heterocycles. The number of amides is 1. The van der Waals surface area contributed by atoms with Crippen LogP contribution in [0.2, 0.25) is 5.02 Å². The van der Waals surface area contributed by atoms with Gasteiger partial charge in [0.1, 0.15) is 11.4 Å². The van der Waals surface area contributed by atoms with Crippen molar-refractivity contribution in [1.82, 2.24) is 29.0 Å². The van der Waals surface area contributed by atoms with Crippen molar-refractivity contribution in [3.05, 3.63) is 72.1 Å². The third-order valence-electron chi connectivity index (χ3n) is 5.71. The average Bonchev–Trinajstić information content (AvgIpc) is 3.33. The summed E-state index contributed by atoms with van der Waals surface area (Å²) in [4.78, 5) is 23.5. The van der Waals surface area contributed by atoms with E-state index in [0.717, 1.165) is 11.1 Å².